The normalized spacial score (nSPS) is 13.8. The molecule has 0 aromatic heterocycles. The molecular formula is C15H33NaO3P. The van der Waals surface area contributed by atoms with Crippen LogP contribution in [0.15, 0.2) is 0 Å². The van der Waals surface area contributed by atoms with Crippen molar-refractivity contribution in [3.63, 3.8) is 0 Å². The maximum atomic E-state index is 11.4. The summed E-state index contributed by atoms with van der Waals surface area (Å²) in [5.74, 6) is 0. The van der Waals surface area contributed by atoms with E-state index in [9.17, 15) is 9.46 Å². The van der Waals surface area contributed by atoms with E-state index in [-0.39, 0.29) is 29.6 Å². The maximum Gasteiger partial charge on any atom is 0.328 e. The van der Waals surface area contributed by atoms with E-state index in [1.165, 1.54) is 57.8 Å². The van der Waals surface area contributed by atoms with Gasteiger partial charge in [-0.3, -0.25) is 4.57 Å². The van der Waals surface area contributed by atoms with Gasteiger partial charge in [0.05, 0.1) is 6.61 Å². The van der Waals surface area contributed by atoms with Gasteiger partial charge in [-0.15, -0.1) is 0 Å². The second-order valence-electron chi connectivity index (χ2n) is 5.31. The van der Waals surface area contributed by atoms with Crippen LogP contribution in [0.2, 0.25) is 0 Å². The molecule has 0 aliphatic heterocycles. The smallest absolute Gasteiger partial charge is 0.324 e. The van der Waals surface area contributed by atoms with Crippen LogP contribution in [0.25, 0.3) is 0 Å². The largest absolute Gasteiger partial charge is 0.328 e. The molecule has 0 aromatic rings. The molecule has 0 fully saturated rings. The van der Waals surface area contributed by atoms with Gasteiger partial charge in [-0.05, 0) is 13.3 Å². The molecule has 0 bridgehead atoms. The van der Waals surface area contributed by atoms with E-state index in [2.05, 4.69) is 6.92 Å². The van der Waals surface area contributed by atoms with Gasteiger partial charge in [-0.1, -0.05) is 71.1 Å². The molecule has 20 heavy (non-hydrogen) atoms. The van der Waals surface area contributed by atoms with E-state index in [0.717, 1.165) is 12.8 Å². The second-order valence-corrected chi connectivity index (χ2v) is 7.29. The topological polar surface area (TPSA) is 46.5 Å². The molecule has 1 atom stereocenters. The Morgan fingerprint density at radius 3 is 1.60 bits per heavy atom. The quantitative estimate of drug-likeness (QED) is 0.274. The van der Waals surface area contributed by atoms with Crippen molar-refractivity contribution in [2.75, 3.05) is 12.8 Å². The van der Waals surface area contributed by atoms with Crippen LogP contribution in [0.5, 0.6) is 0 Å². The van der Waals surface area contributed by atoms with E-state index in [4.69, 9.17) is 4.52 Å². The summed E-state index contributed by atoms with van der Waals surface area (Å²) in [6.07, 6.45) is 14.1. The van der Waals surface area contributed by atoms with Crippen LogP contribution in [-0.4, -0.2) is 47.2 Å². The van der Waals surface area contributed by atoms with Crippen LogP contribution < -0.4 is 0 Å². The van der Waals surface area contributed by atoms with E-state index in [0.29, 0.717) is 12.8 Å². The van der Waals surface area contributed by atoms with Gasteiger partial charge in [0.1, 0.15) is 0 Å². The fraction of sp³-hybridized carbons (Fsp3) is 1.00. The third-order valence-corrected chi connectivity index (χ3v) is 4.92. The Morgan fingerprint density at radius 2 is 1.20 bits per heavy atom. The van der Waals surface area contributed by atoms with Crippen molar-refractivity contribution in [1.82, 2.24) is 0 Å². The molecular weight excluding hydrogens is 282 g/mol. The molecule has 0 saturated heterocycles. The first-order chi connectivity index (χ1) is 9.12. The zero-order valence-electron chi connectivity index (χ0n) is 13.9. The minimum atomic E-state index is -3.27. The molecule has 0 spiro atoms. The van der Waals surface area contributed by atoms with Gasteiger partial charge < -0.3 is 9.42 Å². The minimum Gasteiger partial charge on any atom is -0.324 e. The second kappa shape index (κ2) is 16.5. The Bertz CT molecular complexity index is 237. The van der Waals surface area contributed by atoms with Crippen molar-refractivity contribution in [3.05, 3.63) is 0 Å². The molecule has 0 saturated carbocycles. The van der Waals surface area contributed by atoms with Gasteiger partial charge in [-0.25, -0.2) is 0 Å². The van der Waals surface area contributed by atoms with Crippen molar-refractivity contribution < 1.29 is 14.0 Å². The van der Waals surface area contributed by atoms with Crippen LogP contribution in [0.4, 0.5) is 0 Å². The summed E-state index contributed by atoms with van der Waals surface area (Å²) in [5.41, 5.74) is 0. The van der Waals surface area contributed by atoms with Crippen LogP contribution in [-0.2, 0) is 9.09 Å². The van der Waals surface area contributed by atoms with E-state index >= 15 is 0 Å². The average molecular weight is 315 g/mol. The first kappa shape index (κ1) is 23.4. The van der Waals surface area contributed by atoms with Gasteiger partial charge in [0.15, 0.2) is 0 Å². The minimum absolute atomic E-state index is 0. The predicted octanol–water partition coefficient (Wildman–Crippen LogP) is 5.14. The Kier molecular flexibility index (Phi) is 19.3. The molecule has 0 aliphatic carbocycles. The molecule has 3 nitrogen and oxygen atoms in total. The molecule has 5 heteroatoms. The summed E-state index contributed by atoms with van der Waals surface area (Å²) in [4.78, 5) is 9.39. The summed E-state index contributed by atoms with van der Waals surface area (Å²) < 4.78 is 16.2. The average Bonchev–Trinajstić information content (AvgIpc) is 2.36. The zero-order chi connectivity index (χ0) is 14.4. The van der Waals surface area contributed by atoms with Crippen molar-refractivity contribution in [1.29, 1.82) is 0 Å². The summed E-state index contributed by atoms with van der Waals surface area (Å²) in [7, 11) is -3.27. The molecule has 1 radical (unpaired) electrons. The number of unbranched alkanes of at least 4 members (excludes halogenated alkanes) is 10. The molecule has 1 unspecified atom stereocenters. The summed E-state index contributed by atoms with van der Waals surface area (Å²) in [5, 5.41) is 0. The summed E-state index contributed by atoms with van der Waals surface area (Å²) in [6.45, 7) is 4.33. The number of rotatable bonds is 14. The van der Waals surface area contributed by atoms with Gasteiger partial charge in [0.25, 0.3) is 0 Å². The molecule has 0 heterocycles. The van der Waals surface area contributed by atoms with Crippen LogP contribution >= 0.6 is 7.60 Å². The maximum absolute atomic E-state index is 11.4. The first-order valence-corrected chi connectivity index (χ1v) is 9.85. The number of hydrogen-bond donors (Lipinski definition) is 1. The standard InChI is InChI=1S/C15H33O3P.Na/c1-3-5-6-7-8-9-10-11-12-13-14-15-19(16,17)18-4-2;/h3-15H2,1-2H3,(H,16,17);. The molecule has 0 rings (SSSR count). The molecule has 0 aromatic carbocycles. The van der Waals surface area contributed by atoms with Gasteiger partial charge in [-0.2, -0.15) is 0 Å². The Morgan fingerprint density at radius 1 is 0.800 bits per heavy atom. The van der Waals surface area contributed by atoms with Crippen LogP contribution in [0.3, 0.4) is 0 Å². The van der Waals surface area contributed by atoms with Gasteiger partial charge >= 0.3 is 7.60 Å². The molecule has 0 amide bonds. The summed E-state index contributed by atoms with van der Waals surface area (Å²) in [6, 6.07) is 0. The van der Waals surface area contributed by atoms with Crippen molar-refractivity contribution >= 4 is 37.2 Å². The Hall–Kier alpha value is 1.15. The Balaban J connectivity index is 0. The fourth-order valence-corrected chi connectivity index (χ4v) is 3.40. The fourth-order valence-electron chi connectivity index (χ4n) is 2.24. The molecule has 0 aliphatic rings. The van der Waals surface area contributed by atoms with Gasteiger partial charge in [0.2, 0.25) is 0 Å². The van der Waals surface area contributed by atoms with E-state index < -0.39 is 7.60 Å². The van der Waals surface area contributed by atoms with E-state index in [1.54, 1.807) is 6.92 Å². The van der Waals surface area contributed by atoms with Crippen LogP contribution in [0, 0.1) is 0 Å². The third-order valence-electron chi connectivity index (χ3n) is 3.38. The molecule has 117 valence electrons. The van der Waals surface area contributed by atoms with Crippen LogP contribution in [0.1, 0.15) is 84.5 Å². The van der Waals surface area contributed by atoms with Crippen molar-refractivity contribution in [3.8, 4) is 0 Å². The third kappa shape index (κ3) is 17.2. The summed E-state index contributed by atoms with van der Waals surface area (Å²) >= 11 is 0. The SMILES string of the molecule is CCCCCCCCCCCCCP(=O)(O)OCC.[Na]. The first-order valence-electron chi connectivity index (χ1n) is 8.08. The zero-order valence-corrected chi connectivity index (χ0v) is 16.8. The van der Waals surface area contributed by atoms with Crippen molar-refractivity contribution in [2.45, 2.75) is 84.5 Å². The molecule has 1 N–H and O–H groups in total. The number of hydrogen-bond acceptors (Lipinski definition) is 2. The monoisotopic (exact) mass is 315 g/mol. The van der Waals surface area contributed by atoms with E-state index in [1.807, 2.05) is 0 Å². The van der Waals surface area contributed by atoms with Gasteiger partial charge in [0, 0.05) is 35.7 Å². The predicted molar refractivity (Wildman–Crippen MR) is 88.5 cm³/mol. The Labute approximate surface area is 148 Å². The van der Waals surface area contributed by atoms with Crippen molar-refractivity contribution in [2.24, 2.45) is 0 Å².